The summed E-state index contributed by atoms with van der Waals surface area (Å²) in [4.78, 5) is 34.9. The molecule has 0 unspecified atom stereocenters. The number of amides is 3. The van der Waals surface area contributed by atoms with E-state index < -0.39 is 44.3 Å². The zero-order chi connectivity index (χ0) is 24.3. The van der Waals surface area contributed by atoms with E-state index >= 15 is 0 Å². The molecule has 0 aliphatic heterocycles. The first-order valence-corrected chi connectivity index (χ1v) is 10.6. The Labute approximate surface area is 186 Å². The second-order valence-electron chi connectivity index (χ2n) is 6.74. The Kier molecular flexibility index (Phi) is 6.40. The van der Waals surface area contributed by atoms with Crippen molar-refractivity contribution >= 4 is 39.1 Å². The van der Waals surface area contributed by atoms with Gasteiger partial charge in [0.15, 0.2) is 11.6 Å². The Bertz CT molecular complexity index is 1340. The zero-order valence-corrected chi connectivity index (χ0v) is 17.5. The topological polar surface area (TPSA) is 161 Å². The van der Waals surface area contributed by atoms with Crippen LogP contribution < -0.4 is 21.5 Å². The number of halogens is 2. The summed E-state index contributed by atoms with van der Waals surface area (Å²) < 4.78 is 53.3. The van der Waals surface area contributed by atoms with Gasteiger partial charge in [0.1, 0.15) is 0 Å². The largest absolute Gasteiger partial charge is 0.366 e. The molecule has 0 fully saturated rings. The highest BCUT2D eigenvalue weighted by atomic mass is 32.2. The van der Waals surface area contributed by atoms with E-state index in [4.69, 9.17) is 11.5 Å². The predicted octanol–water partition coefficient (Wildman–Crippen LogP) is 2.22. The van der Waals surface area contributed by atoms with Crippen LogP contribution in [0.25, 0.3) is 0 Å². The third kappa shape index (κ3) is 5.49. The summed E-state index contributed by atoms with van der Waals surface area (Å²) in [5.74, 6) is -4.79. The number of nitrogens with one attached hydrogen (secondary N) is 2. The maximum absolute atomic E-state index is 13.3. The van der Waals surface area contributed by atoms with Gasteiger partial charge in [-0.2, -0.15) is 0 Å². The quantitative estimate of drug-likeness (QED) is 0.412. The molecule has 3 amide bonds. The molecule has 0 bridgehead atoms. The lowest BCUT2D eigenvalue weighted by atomic mass is 10.1. The van der Waals surface area contributed by atoms with Crippen LogP contribution in [0.15, 0.2) is 65.6 Å². The van der Waals surface area contributed by atoms with Crippen molar-refractivity contribution in [1.82, 2.24) is 0 Å². The number of nitrogens with two attached hydrogens (primary N) is 2. The summed E-state index contributed by atoms with van der Waals surface area (Å²) in [5.41, 5.74) is 10.6. The van der Waals surface area contributed by atoms with Gasteiger partial charge in [0, 0.05) is 28.1 Å². The zero-order valence-electron chi connectivity index (χ0n) is 16.6. The molecule has 0 saturated heterocycles. The summed E-state index contributed by atoms with van der Waals surface area (Å²) >= 11 is 0. The normalized spacial score (nSPS) is 11.0. The van der Waals surface area contributed by atoms with Crippen LogP contribution in [0.1, 0.15) is 31.1 Å². The maximum atomic E-state index is 13.3. The molecule has 3 aromatic rings. The lowest BCUT2D eigenvalue weighted by Gasteiger charge is -2.10. The maximum Gasteiger partial charge on any atom is 0.261 e. The molecule has 0 spiro atoms. The smallest absolute Gasteiger partial charge is 0.261 e. The van der Waals surface area contributed by atoms with Crippen molar-refractivity contribution in [1.29, 1.82) is 0 Å². The van der Waals surface area contributed by atoms with Crippen LogP contribution in [0.3, 0.4) is 0 Å². The van der Waals surface area contributed by atoms with Gasteiger partial charge in [0.2, 0.25) is 11.8 Å². The number of carbonyl (C=O) groups is 3. The standard InChI is InChI=1S/C21H16F2N4O5S/c22-17-6-5-16(10-18(17)23)33(31,32)27-14-3-1-11(2-4-14)21(30)26-15-8-12(19(24)28)7-13(9-15)20(25)29/h1-10,27H,(H2,24,28)(H2,25,29)(H,26,30). The van der Waals surface area contributed by atoms with Crippen molar-refractivity contribution in [2.45, 2.75) is 4.90 Å². The van der Waals surface area contributed by atoms with Gasteiger partial charge >= 0.3 is 0 Å². The van der Waals surface area contributed by atoms with Crippen molar-refractivity contribution in [3.63, 3.8) is 0 Å². The number of rotatable bonds is 7. The highest BCUT2D eigenvalue weighted by Gasteiger charge is 2.17. The minimum atomic E-state index is -4.20. The van der Waals surface area contributed by atoms with Crippen LogP contribution in [0.4, 0.5) is 20.2 Å². The number of sulfonamides is 1. The van der Waals surface area contributed by atoms with Gasteiger partial charge < -0.3 is 16.8 Å². The van der Waals surface area contributed by atoms with Gasteiger partial charge in [-0.15, -0.1) is 0 Å². The molecule has 170 valence electrons. The summed E-state index contributed by atoms with van der Waals surface area (Å²) in [6.45, 7) is 0. The average molecular weight is 474 g/mol. The predicted molar refractivity (Wildman–Crippen MR) is 115 cm³/mol. The van der Waals surface area contributed by atoms with E-state index in [-0.39, 0.29) is 28.1 Å². The first-order valence-electron chi connectivity index (χ1n) is 9.10. The van der Waals surface area contributed by atoms with Gasteiger partial charge in [-0.25, -0.2) is 17.2 Å². The molecular weight excluding hydrogens is 458 g/mol. The van der Waals surface area contributed by atoms with Gasteiger partial charge in [-0.1, -0.05) is 0 Å². The van der Waals surface area contributed by atoms with Gasteiger partial charge in [0.05, 0.1) is 4.90 Å². The van der Waals surface area contributed by atoms with Crippen molar-refractivity contribution in [3.05, 3.63) is 89.0 Å². The van der Waals surface area contributed by atoms with Crippen molar-refractivity contribution in [2.24, 2.45) is 11.5 Å². The average Bonchev–Trinajstić information content (AvgIpc) is 2.75. The highest BCUT2D eigenvalue weighted by molar-refractivity contribution is 7.92. The van der Waals surface area contributed by atoms with Crippen molar-refractivity contribution < 1.29 is 31.6 Å². The molecule has 0 heterocycles. The molecule has 3 aromatic carbocycles. The van der Waals surface area contributed by atoms with E-state index in [1.165, 1.54) is 42.5 Å². The summed E-state index contributed by atoms with van der Waals surface area (Å²) in [5, 5.41) is 2.48. The molecule has 0 saturated carbocycles. The second-order valence-corrected chi connectivity index (χ2v) is 8.42. The molecule has 0 aliphatic rings. The number of anilines is 2. The van der Waals surface area contributed by atoms with Crippen LogP contribution in [0.2, 0.25) is 0 Å². The molecule has 0 aliphatic carbocycles. The third-order valence-electron chi connectivity index (χ3n) is 4.36. The lowest BCUT2D eigenvalue weighted by molar-refractivity contribution is 0.0994. The van der Waals surface area contributed by atoms with Crippen LogP contribution in [-0.4, -0.2) is 26.1 Å². The summed E-state index contributed by atoms with van der Waals surface area (Å²) in [7, 11) is -4.20. The SMILES string of the molecule is NC(=O)c1cc(NC(=O)c2ccc(NS(=O)(=O)c3ccc(F)c(F)c3)cc2)cc(C(N)=O)c1. The fourth-order valence-corrected chi connectivity index (χ4v) is 3.81. The number of carbonyl (C=O) groups excluding carboxylic acids is 3. The van der Waals surface area contributed by atoms with Crippen LogP contribution in [-0.2, 0) is 10.0 Å². The van der Waals surface area contributed by atoms with Gasteiger partial charge in [-0.05, 0) is 60.7 Å². The Morgan fingerprint density at radius 3 is 1.79 bits per heavy atom. The van der Waals surface area contributed by atoms with Crippen molar-refractivity contribution in [3.8, 4) is 0 Å². The van der Waals surface area contributed by atoms with E-state index in [0.717, 1.165) is 6.07 Å². The third-order valence-corrected chi connectivity index (χ3v) is 5.74. The van der Waals surface area contributed by atoms with E-state index in [0.29, 0.717) is 12.1 Å². The highest BCUT2D eigenvalue weighted by Crippen LogP contribution is 2.20. The summed E-state index contributed by atoms with van der Waals surface area (Å²) in [6, 6.07) is 11.0. The molecule has 9 nitrogen and oxygen atoms in total. The fraction of sp³-hybridized carbons (Fsp3) is 0. The molecule has 0 atom stereocenters. The Hall–Kier alpha value is -4.32. The van der Waals surface area contributed by atoms with Crippen LogP contribution in [0, 0.1) is 11.6 Å². The first kappa shape index (κ1) is 23.3. The minimum absolute atomic E-state index is 0.0383. The number of primary amides is 2. The monoisotopic (exact) mass is 474 g/mol. The number of benzene rings is 3. The van der Waals surface area contributed by atoms with Crippen LogP contribution in [0.5, 0.6) is 0 Å². The molecule has 0 radical (unpaired) electrons. The van der Waals surface area contributed by atoms with Crippen LogP contribution >= 0.6 is 0 Å². The Morgan fingerprint density at radius 1 is 0.697 bits per heavy atom. The molecular formula is C21H16F2N4O5S. The fourth-order valence-electron chi connectivity index (χ4n) is 2.74. The van der Waals surface area contributed by atoms with E-state index in [1.807, 2.05) is 0 Å². The molecule has 33 heavy (non-hydrogen) atoms. The minimum Gasteiger partial charge on any atom is -0.366 e. The summed E-state index contributed by atoms with van der Waals surface area (Å²) in [6.07, 6.45) is 0. The van der Waals surface area contributed by atoms with E-state index in [2.05, 4.69) is 10.0 Å². The van der Waals surface area contributed by atoms with Crippen molar-refractivity contribution in [2.75, 3.05) is 10.0 Å². The molecule has 3 rings (SSSR count). The lowest BCUT2D eigenvalue weighted by Crippen LogP contribution is -2.18. The first-order chi connectivity index (χ1) is 15.5. The van der Waals surface area contributed by atoms with Gasteiger partial charge in [0.25, 0.3) is 15.9 Å². The van der Waals surface area contributed by atoms with E-state index in [1.54, 1.807) is 0 Å². The molecule has 12 heteroatoms. The number of hydrogen-bond donors (Lipinski definition) is 4. The second kappa shape index (κ2) is 9.04. The van der Waals surface area contributed by atoms with Gasteiger partial charge in [-0.3, -0.25) is 19.1 Å². The number of hydrogen-bond acceptors (Lipinski definition) is 5. The molecule has 6 N–H and O–H groups in total. The Balaban J connectivity index is 1.77. The Morgan fingerprint density at radius 2 is 1.27 bits per heavy atom. The van der Waals surface area contributed by atoms with E-state index in [9.17, 15) is 31.6 Å². The molecule has 0 aromatic heterocycles.